The molecule has 0 bridgehead atoms. The Balaban J connectivity index is 1.95. The number of imide groups is 1. The lowest BCUT2D eigenvalue weighted by Crippen LogP contribution is -2.48. The quantitative estimate of drug-likeness (QED) is 0.500. The molecule has 2 aliphatic heterocycles. The smallest absolute Gasteiger partial charge is 0.277 e. The SMILES string of the molecule is CCCCCN1C(=O)C(c2ccccc2OC)=C(N2CCN(CCO)CC2)C1=O. The highest BCUT2D eigenvalue weighted by Gasteiger charge is 2.42. The van der Waals surface area contributed by atoms with Crippen LogP contribution in [-0.4, -0.2) is 84.6 Å². The largest absolute Gasteiger partial charge is 0.496 e. The van der Waals surface area contributed by atoms with Gasteiger partial charge in [0.15, 0.2) is 0 Å². The van der Waals surface area contributed by atoms with Gasteiger partial charge in [0, 0.05) is 44.8 Å². The van der Waals surface area contributed by atoms with Crippen LogP contribution in [-0.2, 0) is 9.59 Å². The molecule has 0 radical (unpaired) electrons. The fourth-order valence-corrected chi connectivity index (χ4v) is 4.01. The minimum Gasteiger partial charge on any atom is -0.496 e. The van der Waals surface area contributed by atoms with Crippen LogP contribution in [0.3, 0.4) is 0 Å². The number of hydrogen-bond acceptors (Lipinski definition) is 6. The Labute approximate surface area is 172 Å². The molecule has 1 aromatic carbocycles. The van der Waals surface area contributed by atoms with Gasteiger partial charge in [-0.2, -0.15) is 0 Å². The molecule has 0 atom stereocenters. The van der Waals surface area contributed by atoms with Crippen LogP contribution in [0.25, 0.3) is 5.57 Å². The Morgan fingerprint density at radius 3 is 2.38 bits per heavy atom. The van der Waals surface area contributed by atoms with E-state index in [4.69, 9.17) is 4.74 Å². The molecule has 2 heterocycles. The van der Waals surface area contributed by atoms with Crippen LogP contribution >= 0.6 is 0 Å². The average molecular weight is 402 g/mol. The van der Waals surface area contributed by atoms with Gasteiger partial charge in [0.1, 0.15) is 11.4 Å². The maximum Gasteiger partial charge on any atom is 0.277 e. The number of carbonyl (C=O) groups excluding carboxylic acids is 2. The number of rotatable bonds is 9. The van der Waals surface area contributed by atoms with Crippen LogP contribution in [0.1, 0.15) is 31.7 Å². The molecular formula is C22H31N3O4. The summed E-state index contributed by atoms with van der Waals surface area (Å²) in [5.74, 6) is 0.154. The standard InChI is InChI=1S/C22H31N3O4/c1-3-4-7-10-25-21(27)19(17-8-5-6-9-18(17)29-2)20(22(25)28)24-13-11-23(12-14-24)15-16-26/h5-6,8-9,26H,3-4,7,10-16H2,1-2H3. The molecule has 7 nitrogen and oxygen atoms in total. The van der Waals surface area contributed by atoms with E-state index in [9.17, 15) is 14.7 Å². The summed E-state index contributed by atoms with van der Waals surface area (Å²) in [6.07, 6.45) is 2.82. The van der Waals surface area contributed by atoms with Gasteiger partial charge >= 0.3 is 0 Å². The fourth-order valence-electron chi connectivity index (χ4n) is 4.01. The number of methoxy groups -OCH3 is 1. The Morgan fingerprint density at radius 2 is 1.72 bits per heavy atom. The highest BCUT2D eigenvalue weighted by molar-refractivity contribution is 6.36. The molecule has 158 valence electrons. The number of aliphatic hydroxyl groups excluding tert-OH is 1. The lowest BCUT2D eigenvalue weighted by molar-refractivity contribution is -0.137. The highest BCUT2D eigenvalue weighted by Crippen LogP contribution is 2.36. The number of ether oxygens (including phenoxy) is 1. The first-order valence-corrected chi connectivity index (χ1v) is 10.4. The number of hydrogen-bond donors (Lipinski definition) is 1. The van der Waals surface area contributed by atoms with Crippen molar-refractivity contribution in [3.05, 3.63) is 35.5 Å². The molecule has 0 unspecified atom stereocenters. The van der Waals surface area contributed by atoms with Gasteiger partial charge in [-0.05, 0) is 12.5 Å². The van der Waals surface area contributed by atoms with E-state index in [1.54, 1.807) is 7.11 Å². The molecule has 7 heteroatoms. The summed E-state index contributed by atoms with van der Waals surface area (Å²) in [7, 11) is 1.58. The van der Waals surface area contributed by atoms with Crippen molar-refractivity contribution in [3.63, 3.8) is 0 Å². The van der Waals surface area contributed by atoms with Gasteiger partial charge in [-0.15, -0.1) is 0 Å². The predicted molar refractivity (Wildman–Crippen MR) is 111 cm³/mol. The Hall–Kier alpha value is -2.38. The number of para-hydroxylation sites is 1. The van der Waals surface area contributed by atoms with E-state index in [1.807, 2.05) is 29.2 Å². The third-order valence-electron chi connectivity index (χ3n) is 5.61. The van der Waals surface area contributed by atoms with Crippen LogP contribution in [0.2, 0.25) is 0 Å². The number of carbonyl (C=O) groups is 2. The minimum atomic E-state index is -0.233. The summed E-state index contributed by atoms with van der Waals surface area (Å²) < 4.78 is 5.49. The molecule has 1 fully saturated rings. The molecule has 1 saturated heterocycles. The molecule has 0 spiro atoms. The van der Waals surface area contributed by atoms with E-state index >= 15 is 0 Å². The molecule has 3 rings (SSSR count). The van der Waals surface area contributed by atoms with Crippen molar-refractivity contribution in [2.45, 2.75) is 26.2 Å². The van der Waals surface area contributed by atoms with Crippen LogP contribution in [0.5, 0.6) is 5.75 Å². The van der Waals surface area contributed by atoms with Gasteiger partial charge in [0.05, 0.1) is 19.3 Å². The molecule has 1 aromatic rings. The molecular weight excluding hydrogens is 370 g/mol. The second-order valence-corrected chi connectivity index (χ2v) is 7.45. The molecule has 0 aromatic heterocycles. The zero-order chi connectivity index (χ0) is 20.8. The summed E-state index contributed by atoms with van der Waals surface area (Å²) in [5, 5.41) is 9.17. The van der Waals surface area contributed by atoms with Crippen LogP contribution in [0.4, 0.5) is 0 Å². The second kappa shape index (κ2) is 9.89. The van der Waals surface area contributed by atoms with Gasteiger partial charge in [-0.25, -0.2) is 0 Å². The Kier molecular flexibility index (Phi) is 7.28. The number of unbranched alkanes of at least 4 members (excludes halogenated alkanes) is 2. The van der Waals surface area contributed by atoms with Crippen LogP contribution in [0, 0.1) is 0 Å². The van der Waals surface area contributed by atoms with Crippen molar-refractivity contribution < 1.29 is 19.4 Å². The van der Waals surface area contributed by atoms with Gasteiger partial charge in [-0.1, -0.05) is 38.0 Å². The van der Waals surface area contributed by atoms with Crippen molar-refractivity contribution in [1.29, 1.82) is 0 Å². The number of β-amino-alcohol motifs (C(OH)–C–C–N with tert-alkyl or cyclic N) is 1. The van der Waals surface area contributed by atoms with Crippen molar-refractivity contribution >= 4 is 17.4 Å². The zero-order valence-electron chi connectivity index (χ0n) is 17.4. The number of nitrogens with zero attached hydrogens (tertiary/aromatic N) is 3. The second-order valence-electron chi connectivity index (χ2n) is 7.45. The molecule has 29 heavy (non-hydrogen) atoms. The third-order valence-corrected chi connectivity index (χ3v) is 5.61. The maximum absolute atomic E-state index is 13.3. The molecule has 0 aliphatic carbocycles. The first-order chi connectivity index (χ1) is 14.1. The van der Waals surface area contributed by atoms with Gasteiger partial charge in [-0.3, -0.25) is 19.4 Å². The number of amides is 2. The molecule has 0 saturated carbocycles. The van der Waals surface area contributed by atoms with E-state index in [1.165, 1.54) is 4.90 Å². The van der Waals surface area contributed by atoms with Crippen molar-refractivity contribution in [3.8, 4) is 5.75 Å². The van der Waals surface area contributed by atoms with E-state index in [0.29, 0.717) is 48.8 Å². The van der Waals surface area contributed by atoms with E-state index < -0.39 is 0 Å². The zero-order valence-corrected chi connectivity index (χ0v) is 17.4. The fraction of sp³-hybridized carbons (Fsp3) is 0.545. The van der Waals surface area contributed by atoms with Gasteiger partial charge in [0.2, 0.25) is 0 Å². The summed E-state index contributed by atoms with van der Waals surface area (Å²) in [5.41, 5.74) is 1.60. The van der Waals surface area contributed by atoms with Crippen molar-refractivity contribution in [2.75, 3.05) is 53.0 Å². The molecule has 1 N–H and O–H groups in total. The molecule has 2 amide bonds. The van der Waals surface area contributed by atoms with Gasteiger partial charge in [0.25, 0.3) is 11.8 Å². The van der Waals surface area contributed by atoms with Crippen molar-refractivity contribution in [1.82, 2.24) is 14.7 Å². The lowest BCUT2D eigenvalue weighted by atomic mass is 10.0. The van der Waals surface area contributed by atoms with Crippen LogP contribution < -0.4 is 4.74 Å². The Morgan fingerprint density at radius 1 is 1.00 bits per heavy atom. The monoisotopic (exact) mass is 401 g/mol. The number of aliphatic hydroxyl groups is 1. The number of piperazine rings is 1. The first kappa shape index (κ1) is 21.3. The summed E-state index contributed by atoms with van der Waals surface area (Å²) in [6, 6.07) is 7.38. The molecule has 2 aliphatic rings. The Bertz CT molecular complexity index is 769. The summed E-state index contributed by atoms with van der Waals surface area (Å²) in [4.78, 5) is 32.2. The first-order valence-electron chi connectivity index (χ1n) is 10.4. The highest BCUT2D eigenvalue weighted by atomic mass is 16.5. The van der Waals surface area contributed by atoms with Crippen LogP contribution in [0.15, 0.2) is 30.0 Å². The van der Waals surface area contributed by atoms with Gasteiger partial charge < -0.3 is 14.7 Å². The summed E-state index contributed by atoms with van der Waals surface area (Å²) >= 11 is 0. The summed E-state index contributed by atoms with van der Waals surface area (Å²) in [6.45, 7) is 6.09. The normalized spacial score (nSPS) is 18.2. The predicted octanol–water partition coefficient (Wildman–Crippen LogP) is 1.58. The van der Waals surface area contributed by atoms with Crippen molar-refractivity contribution in [2.24, 2.45) is 0 Å². The average Bonchev–Trinajstić information content (AvgIpc) is 2.99. The third kappa shape index (κ3) is 4.46. The lowest BCUT2D eigenvalue weighted by Gasteiger charge is -2.36. The topological polar surface area (TPSA) is 73.3 Å². The van der Waals surface area contributed by atoms with E-state index in [2.05, 4.69) is 11.8 Å². The maximum atomic E-state index is 13.3. The van der Waals surface area contributed by atoms with E-state index in [-0.39, 0.29) is 18.4 Å². The van der Waals surface area contributed by atoms with E-state index in [0.717, 1.165) is 32.4 Å². The number of benzene rings is 1. The minimum absolute atomic E-state index is 0.123.